The van der Waals surface area contributed by atoms with Crippen molar-refractivity contribution < 1.29 is 9.90 Å². The number of carbonyl (C=O) groups is 1. The minimum Gasteiger partial charge on any atom is -0.481 e. The van der Waals surface area contributed by atoms with Crippen LogP contribution in [0.4, 0.5) is 0 Å². The number of carboxylic acid groups (broad SMARTS) is 1. The Bertz CT molecular complexity index is 570. The molecule has 0 saturated heterocycles. The topological polar surface area (TPSA) is 37.3 Å². The largest absolute Gasteiger partial charge is 0.481 e. The summed E-state index contributed by atoms with van der Waals surface area (Å²) < 4.78 is 0.993. The van der Waals surface area contributed by atoms with Crippen LogP contribution in [0, 0.1) is 16.7 Å². The van der Waals surface area contributed by atoms with Crippen molar-refractivity contribution in [2.24, 2.45) is 16.7 Å². The first kappa shape index (κ1) is 15.3. The highest BCUT2D eigenvalue weighted by Gasteiger charge is 2.74. The van der Waals surface area contributed by atoms with E-state index in [9.17, 15) is 9.90 Å². The number of halogens is 1. The predicted molar refractivity (Wildman–Crippen MR) is 84.6 cm³/mol. The second kappa shape index (κ2) is 5.03. The Balaban J connectivity index is 2.38. The summed E-state index contributed by atoms with van der Waals surface area (Å²) in [5, 5.41) is 9.81. The van der Waals surface area contributed by atoms with E-state index in [0.29, 0.717) is 6.42 Å². The molecule has 2 nitrogen and oxygen atoms in total. The van der Waals surface area contributed by atoms with Crippen LogP contribution < -0.4 is 0 Å². The molecule has 0 amide bonds. The van der Waals surface area contributed by atoms with Crippen molar-refractivity contribution in [1.29, 1.82) is 0 Å². The molecule has 0 aliphatic heterocycles. The highest BCUT2D eigenvalue weighted by atomic mass is 79.9. The highest BCUT2D eigenvalue weighted by molar-refractivity contribution is 9.10. The van der Waals surface area contributed by atoms with Gasteiger partial charge in [0.05, 0.1) is 5.41 Å². The van der Waals surface area contributed by atoms with E-state index in [-0.39, 0.29) is 11.3 Å². The lowest BCUT2D eigenvalue weighted by Crippen LogP contribution is -2.24. The van der Waals surface area contributed by atoms with Gasteiger partial charge in [-0.15, -0.1) is 0 Å². The van der Waals surface area contributed by atoms with E-state index in [2.05, 4.69) is 35.9 Å². The Kier molecular flexibility index (Phi) is 3.85. The van der Waals surface area contributed by atoms with E-state index in [1.54, 1.807) is 0 Å². The van der Waals surface area contributed by atoms with Gasteiger partial charge in [-0.2, -0.15) is 0 Å². The van der Waals surface area contributed by atoms with Crippen molar-refractivity contribution in [3.05, 3.63) is 46.0 Å². The Hall–Kier alpha value is -1.09. The van der Waals surface area contributed by atoms with Crippen LogP contribution in [0.1, 0.15) is 33.3 Å². The maximum absolute atomic E-state index is 11.9. The van der Waals surface area contributed by atoms with Crippen molar-refractivity contribution in [3.8, 4) is 0 Å². The zero-order valence-electron chi connectivity index (χ0n) is 12.4. The molecule has 0 heterocycles. The molecule has 108 valence electrons. The van der Waals surface area contributed by atoms with Crippen molar-refractivity contribution in [1.82, 2.24) is 0 Å². The molecular weight excluding hydrogens is 316 g/mol. The molecule has 1 aliphatic carbocycles. The summed E-state index contributed by atoms with van der Waals surface area (Å²) in [6.45, 7) is 8.17. The van der Waals surface area contributed by atoms with E-state index < -0.39 is 11.4 Å². The van der Waals surface area contributed by atoms with Crippen LogP contribution in [-0.2, 0) is 11.2 Å². The molecule has 2 unspecified atom stereocenters. The van der Waals surface area contributed by atoms with E-state index in [1.165, 1.54) is 5.57 Å². The van der Waals surface area contributed by atoms with Gasteiger partial charge in [-0.05, 0) is 43.4 Å². The molecule has 0 radical (unpaired) electrons. The number of hydrogen-bond donors (Lipinski definition) is 1. The van der Waals surface area contributed by atoms with Crippen molar-refractivity contribution in [3.63, 3.8) is 0 Å². The summed E-state index contributed by atoms with van der Waals surface area (Å²) >= 11 is 3.45. The third-order valence-electron chi connectivity index (χ3n) is 4.63. The smallest absolute Gasteiger partial charge is 0.311 e. The molecule has 3 heteroatoms. The standard InChI is InChI=1S/C17H21BrO2/c1-11(2)8-14-16(3,4)17(14,15(19)20)10-12-6-5-7-13(18)9-12/h5-9,14H,10H2,1-4H3,(H,19,20). The van der Waals surface area contributed by atoms with Crippen molar-refractivity contribution >= 4 is 21.9 Å². The van der Waals surface area contributed by atoms with Gasteiger partial charge in [0.1, 0.15) is 0 Å². The molecule has 1 aromatic rings. The quantitative estimate of drug-likeness (QED) is 0.810. The third-order valence-corrected chi connectivity index (χ3v) is 5.12. The van der Waals surface area contributed by atoms with Gasteiger partial charge >= 0.3 is 5.97 Å². The predicted octanol–water partition coefficient (Wildman–Crippen LogP) is 4.68. The zero-order valence-corrected chi connectivity index (χ0v) is 14.0. The van der Waals surface area contributed by atoms with E-state index >= 15 is 0 Å². The first-order chi connectivity index (χ1) is 9.21. The molecule has 1 saturated carbocycles. The van der Waals surface area contributed by atoms with Crippen LogP contribution in [0.15, 0.2) is 40.4 Å². The number of allylic oxidation sites excluding steroid dienone is 2. The second-order valence-corrected chi connectivity index (χ2v) is 7.44. The lowest BCUT2D eigenvalue weighted by atomic mass is 9.88. The van der Waals surface area contributed by atoms with Crippen LogP contribution in [0.5, 0.6) is 0 Å². The summed E-state index contributed by atoms with van der Waals surface area (Å²) in [5.41, 5.74) is 1.35. The fourth-order valence-corrected chi connectivity index (χ4v) is 3.82. The minimum atomic E-state index is -0.690. The SMILES string of the molecule is CC(C)=CC1C(C)(C)C1(Cc1cccc(Br)c1)C(=O)O. The van der Waals surface area contributed by atoms with Gasteiger partial charge in [0.25, 0.3) is 0 Å². The maximum Gasteiger partial charge on any atom is 0.311 e. The molecule has 1 aromatic carbocycles. The Morgan fingerprint density at radius 3 is 2.55 bits per heavy atom. The van der Waals surface area contributed by atoms with Gasteiger partial charge in [-0.3, -0.25) is 4.79 Å². The van der Waals surface area contributed by atoms with E-state index in [1.807, 2.05) is 38.1 Å². The number of aliphatic carboxylic acids is 1. The molecule has 0 bridgehead atoms. The molecular formula is C17H21BrO2. The van der Waals surface area contributed by atoms with Crippen LogP contribution in [0.2, 0.25) is 0 Å². The molecule has 1 fully saturated rings. The molecule has 2 rings (SSSR count). The fraction of sp³-hybridized carbons (Fsp3) is 0.471. The van der Waals surface area contributed by atoms with Gasteiger partial charge in [0.2, 0.25) is 0 Å². The van der Waals surface area contributed by atoms with Crippen LogP contribution in [-0.4, -0.2) is 11.1 Å². The molecule has 20 heavy (non-hydrogen) atoms. The number of rotatable bonds is 4. The van der Waals surface area contributed by atoms with Crippen LogP contribution in [0.25, 0.3) is 0 Å². The second-order valence-electron chi connectivity index (χ2n) is 6.53. The summed E-state index contributed by atoms with van der Waals surface area (Å²) in [7, 11) is 0. The van der Waals surface area contributed by atoms with Crippen LogP contribution >= 0.6 is 15.9 Å². The Labute approximate surface area is 129 Å². The van der Waals surface area contributed by atoms with Crippen LogP contribution in [0.3, 0.4) is 0 Å². The average Bonchev–Trinajstić information content (AvgIpc) is 2.76. The molecule has 0 spiro atoms. The van der Waals surface area contributed by atoms with Gasteiger partial charge in [-0.25, -0.2) is 0 Å². The highest BCUT2D eigenvalue weighted by Crippen LogP contribution is 2.71. The average molecular weight is 337 g/mol. The van der Waals surface area contributed by atoms with Crippen molar-refractivity contribution in [2.45, 2.75) is 34.1 Å². The fourth-order valence-electron chi connectivity index (χ4n) is 3.37. The van der Waals surface area contributed by atoms with Gasteiger partial charge < -0.3 is 5.11 Å². The Morgan fingerprint density at radius 2 is 2.05 bits per heavy atom. The number of benzene rings is 1. The molecule has 1 N–H and O–H groups in total. The Morgan fingerprint density at radius 1 is 1.40 bits per heavy atom. The lowest BCUT2D eigenvalue weighted by Gasteiger charge is -2.15. The molecule has 2 atom stereocenters. The van der Waals surface area contributed by atoms with Gasteiger partial charge in [0.15, 0.2) is 0 Å². The van der Waals surface area contributed by atoms with Gasteiger partial charge in [-0.1, -0.05) is 53.6 Å². The summed E-state index contributed by atoms with van der Waals surface area (Å²) in [4.78, 5) is 11.9. The first-order valence-corrected chi connectivity index (χ1v) is 7.64. The number of hydrogen-bond acceptors (Lipinski definition) is 1. The normalized spacial score (nSPS) is 26.9. The summed E-state index contributed by atoms with van der Waals surface area (Å²) in [5.74, 6) is -0.596. The summed E-state index contributed by atoms with van der Waals surface area (Å²) in [6.07, 6.45) is 2.69. The maximum atomic E-state index is 11.9. The summed E-state index contributed by atoms with van der Waals surface area (Å²) in [6, 6.07) is 7.94. The van der Waals surface area contributed by atoms with E-state index in [0.717, 1.165) is 10.0 Å². The van der Waals surface area contributed by atoms with Crippen molar-refractivity contribution in [2.75, 3.05) is 0 Å². The zero-order chi connectivity index (χ0) is 15.1. The molecule has 1 aliphatic rings. The first-order valence-electron chi connectivity index (χ1n) is 6.84. The monoisotopic (exact) mass is 336 g/mol. The minimum absolute atomic E-state index is 0.0940. The molecule has 0 aromatic heterocycles. The van der Waals surface area contributed by atoms with Gasteiger partial charge in [0, 0.05) is 10.4 Å². The van der Waals surface area contributed by atoms with E-state index in [4.69, 9.17) is 0 Å². The third kappa shape index (κ3) is 2.32. The number of carboxylic acids is 1. The lowest BCUT2D eigenvalue weighted by molar-refractivity contribution is -0.145.